The SMILES string of the molecule is CC(C)(CC#N)C(=O)ON1C(=O)c2ccccc2C1=O. The van der Waals surface area contributed by atoms with Crippen LogP contribution in [-0.4, -0.2) is 22.8 Å². The zero-order valence-electron chi connectivity index (χ0n) is 11.0. The van der Waals surface area contributed by atoms with Gasteiger partial charge in [0.15, 0.2) is 0 Å². The van der Waals surface area contributed by atoms with E-state index in [9.17, 15) is 14.4 Å². The summed E-state index contributed by atoms with van der Waals surface area (Å²) >= 11 is 0. The predicted octanol–water partition coefficient (Wildman–Crippen LogP) is 1.68. The Balaban J connectivity index is 2.22. The van der Waals surface area contributed by atoms with E-state index in [1.165, 1.54) is 26.0 Å². The first-order valence-electron chi connectivity index (χ1n) is 5.95. The van der Waals surface area contributed by atoms with E-state index in [0.717, 1.165) is 0 Å². The van der Waals surface area contributed by atoms with Gasteiger partial charge in [0.25, 0.3) is 11.8 Å². The summed E-state index contributed by atoms with van der Waals surface area (Å²) in [5, 5.41) is 9.10. The second-order valence-corrected chi connectivity index (χ2v) is 5.05. The number of rotatable bonds is 3. The Morgan fingerprint density at radius 3 is 2.20 bits per heavy atom. The number of carbonyl (C=O) groups excluding carboxylic acids is 3. The van der Waals surface area contributed by atoms with Crippen LogP contribution in [0.25, 0.3) is 0 Å². The first-order chi connectivity index (χ1) is 9.38. The van der Waals surface area contributed by atoms with Crippen molar-refractivity contribution in [2.45, 2.75) is 20.3 Å². The highest BCUT2D eigenvalue weighted by molar-refractivity contribution is 6.20. The van der Waals surface area contributed by atoms with Crippen LogP contribution in [-0.2, 0) is 9.63 Å². The minimum atomic E-state index is -1.09. The minimum Gasteiger partial charge on any atom is -0.329 e. The van der Waals surface area contributed by atoms with Gasteiger partial charge >= 0.3 is 5.97 Å². The van der Waals surface area contributed by atoms with Crippen molar-refractivity contribution in [2.24, 2.45) is 5.41 Å². The lowest BCUT2D eigenvalue weighted by Gasteiger charge is -2.21. The molecule has 2 amide bonds. The summed E-state index contributed by atoms with van der Waals surface area (Å²) < 4.78 is 0. The lowest BCUT2D eigenvalue weighted by atomic mass is 9.90. The topological polar surface area (TPSA) is 87.5 Å². The fourth-order valence-electron chi connectivity index (χ4n) is 1.73. The van der Waals surface area contributed by atoms with Crippen molar-refractivity contribution in [3.63, 3.8) is 0 Å². The number of benzene rings is 1. The van der Waals surface area contributed by atoms with Gasteiger partial charge in [-0.15, -0.1) is 0 Å². The molecule has 0 aliphatic carbocycles. The molecule has 2 rings (SSSR count). The van der Waals surface area contributed by atoms with Crippen molar-refractivity contribution < 1.29 is 19.2 Å². The molecule has 0 unspecified atom stereocenters. The molecule has 1 aromatic rings. The zero-order chi connectivity index (χ0) is 14.9. The van der Waals surface area contributed by atoms with Crippen molar-refractivity contribution in [3.8, 4) is 6.07 Å². The second-order valence-electron chi connectivity index (χ2n) is 5.05. The molecule has 0 spiro atoms. The summed E-state index contributed by atoms with van der Waals surface area (Å²) in [7, 11) is 0. The summed E-state index contributed by atoms with van der Waals surface area (Å²) in [6, 6.07) is 8.08. The highest BCUT2D eigenvalue weighted by Crippen LogP contribution is 2.27. The van der Waals surface area contributed by atoms with Gasteiger partial charge in [-0.3, -0.25) is 9.59 Å². The summed E-state index contributed by atoms with van der Waals surface area (Å²) in [6.07, 6.45) is -0.0744. The molecule has 6 nitrogen and oxygen atoms in total. The molecule has 0 saturated carbocycles. The number of hydroxylamine groups is 2. The van der Waals surface area contributed by atoms with E-state index in [2.05, 4.69) is 0 Å². The Bertz CT molecular complexity index is 608. The number of imide groups is 1. The van der Waals surface area contributed by atoms with Gasteiger partial charge in [0, 0.05) is 0 Å². The molecule has 0 aromatic heterocycles. The van der Waals surface area contributed by atoms with Gasteiger partial charge < -0.3 is 4.84 Å². The number of hydrogen-bond donors (Lipinski definition) is 0. The fourth-order valence-corrected chi connectivity index (χ4v) is 1.73. The van der Waals surface area contributed by atoms with Crippen molar-refractivity contribution in [1.29, 1.82) is 5.26 Å². The molecule has 102 valence electrons. The highest BCUT2D eigenvalue weighted by atomic mass is 16.7. The van der Waals surface area contributed by atoms with Gasteiger partial charge in [0.2, 0.25) is 0 Å². The van der Waals surface area contributed by atoms with Crippen molar-refractivity contribution in [1.82, 2.24) is 5.06 Å². The van der Waals surface area contributed by atoms with Crippen LogP contribution in [0.5, 0.6) is 0 Å². The van der Waals surface area contributed by atoms with Gasteiger partial charge in [-0.1, -0.05) is 17.2 Å². The van der Waals surface area contributed by atoms with Crippen LogP contribution >= 0.6 is 0 Å². The number of fused-ring (bicyclic) bond motifs is 1. The standard InChI is InChI=1S/C14H12N2O4/c1-14(2,7-8-15)13(19)20-16-11(17)9-5-3-4-6-10(9)12(16)18/h3-6H,7H2,1-2H3. The molecule has 1 aromatic carbocycles. The molecular weight excluding hydrogens is 260 g/mol. The molecule has 0 radical (unpaired) electrons. The maximum absolute atomic E-state index is 12.0. The second kappa shape index (κ2) is 4.78. The van der Waals surface area contributed by atoms with Gasteiger partial charge in [-0.2, -0.15) is 5.26 Å². The minimum absolute atomic E-state index is 0.0744. The number of nitrogens with zero attached hydrogens (tertiary/aromatic N) is 2. The molecule has 6 heteroatoms. The molecule has 1 heterocycles. The van der Waals surface area contributed by atoms with Crippen LogP contribution in [0.3, 0.4) is 0 Å². The largest absolute Gasteiger partial charge is 0.339 e. The monoisotopic (exact) mass is 272 g/mol. The first-order valence-corrected chi connectivity index (χ1v) is 5.95. The third-order valence-electron chi connectivity index (χ3n) is 3.00. The summed E-state index contributed by atoms with van der Waals surface area (Å²) in [5.41, 5.74) is -0.698. The van der Waals surface area contributed by atoms with Crippen molar-refractivity contribution in [2.75, 3.05) is 0 Å². The summed E-state index contributed by atoms with van der Waals surface area (Å²) in [5.74, 6) is -2.15. The Labute approximate surface area is 115 Å². The highest BCUT2D eigenvalue weighted by Gasteiger charge is 2.41. The molecule has 0 N–H and O–H groups in total. The smallest absolute Gasteiger partial charge is 0.329 e. The van der Waals surface area contributed by atoms with E-state index >= 15 is 0 Å². The molecule has 0 fully saturated rings. The number of nitriles is 1. The third-order valence-corrected chi connectivity index (χ3v) is 3.00. The van der Waals surface area contributed by atoms with E-state index in [-0.39, 0.29) is 17.5 Å². The van der Waals surface area contributed by atoms with Gasteiger partial charge in [0.1, 0.15) is 0 Å². The van der Waals surface area contributed by atoms with E-state index in [0.29, 0.717) is 5.06 Å². The van der Waals surface area contributed by atoms with E-state index < -0.39 is 23.2 Å². The predicted molar refractivity (Wildman–Crippen MR) is 67.0 cm³/mol. The fraction of sp³-hybridized carbons (Fsp3) is 0.286. The van der Waals surface area contributed by atoms with E-state index in [4.69, 9.17) is 10.1 Å². The van der Waals surface area contributed by atoms with Gasteiger partial charge in [-0.25, -0.2) is 4.79 Å². The molecule has 0 atom stereocenters. The van der Waals surface area contributed by atoms with Gasteiger partial charge in [0.05, 0.1) is 29.0 Å². The Kier molecular flexibility index (Phi) is 3.28. The third kappa shape index (κ3) is 2.14. The molecule has 1 aliphatic rings. The quantitative estimate of drug-likeness (QED) is 0.781. The molecule has 20 heavy (non-hydrogen) atoms. The maximum Gasteiger partial charge on any atom is 0.339 e. The molecule has 0 saturated heterocycles. The maximum atomic E-state index is 12.0. The molecule has 1 aliphatic heterocycles. The lowest BCUT2D eigenvalue weighted by molar-refractivity contribution is -0.179. The number of carbonyl (C=O) groups is 3. The molecular formula is C14H12N2O4. The Hall–Kier alpha value is -2.68. The first kappa shape index (κ1) is 13.7. The van der Waals surface area contributed by atoms with Gasteiger partial charge in [-0.05, 0) is 26.0 Å². The Morgan fingerprint density at radius 2 is 1.75 bits per heavy atom. The van der Waals surface area contributed by atoms with Crippen LogP contribution in [0.1, 0.15) is 41.0 Å². The molecule has 0 bridgehead atoms. The van der Waals surface area contributed by atoms with Crippen LogP contribution in [0.4, 0.5) is 0 Å². The number of amides is 2. The number of hydrogen-bond acceptors (Lipinski definition) is 5. The average molecular weight is 272 g/mol. The lowest BCUT2D eigenvalue weighted by Crippen LogP contribution is -2.38. The summed E-state index contributed by atoms with van der Waals surface area (Å²) in [6.45, 7) is 3.02. The Morgan fingerprint density at radius 1 is 1.25 bits per heavy atom. The summed E-state index contributed by atoms with van der Waals surface area (Å²) in [4.78, 5) is 40.8. The normalized spacial score (nSPS) is 13.9. The van der Waals surface area contributed by atoms with Crippen molar-refractivity contribution >= 4 is 17.8 Å². The van der Waals surface area contributed by atoms with E-state index in [1.54, 1.807) is 12.1 Å². The van der Waals surface area contributed by atoms with Crippen LogP contribution in [0, 0.1) is 16.7 Å². The van der Waals surface area contributed by atoms with E-state index in [1.807, 2.05) is 6.07 Å². The van der Waals surface area contributed by atoms with Crippen LogP contribution < -0.4 is 0 Å². The van der Waals surface area contributed by atoms with Crippen molar-refractivity contribution in [3.05, 3.63) is 35.4 Å². The zero-order valence-corrected chi connectivity index (χ0v) is 11.0. The van der Waals surface area contributed by atoms with Crippen LogP contribution in [0.2, 0.25) is 0 Å². The van der Waals surface area contributed by atoms with Crippen LogP contribution in [0.15, 0.2) is 24.3 Å². The average Bonchev–Trinajstić information content (AvgIpc) is 2.64.